The average Bonchev–Trinajstić information content (AvgIpc) is 1.78. The number of benzene rings is 3. The molecular formula is C74H104N16O21. The third-order valence-corrected chi connectivity index (χ3v) is 17.5. The van der Waals surface area contributed by atoms with Crippen LogP contribution in [0.2, 0.25) is 0 Å². The van der Waals surface area contributed by atoms with Crippen molar-refractivity contribution in [2.24, 2.45) is 29.2 Å². The summed E-state index contributed by atoms with van der Waals surface area (Å²) in [6.07, 6.45) is -3.23. The number of carbonyl (C=O) groups excluding carboxylic acids is 15. The van der Waals surface area contributed by atoms with Crippen LogP contribution in [-0.4, -0.2) is 225 Å². The number of rotatable bonds is 46. The van der Waals surface area contributed by atoms with Crippen molar-refractivity contribution in [3.05, 3.63) is 108 Å². The first kappa shape index (κ1) is 91.5. The molecule has 15 amide bonds. The zero-order valence-corrected chi connectivity index (χ0v) is 63.2. The van der Waals surface area contributed by atoms with Gasteiger partial charge in [-0.05, 0) is 80.4 Å². The Kier molecular flexibility index (Phi) is 37.7. The van der Waals surface area contributed by atoms with Gasteiger partial charge in [0.05, 0.1) is 25.6 Å². The number of likely N-dealkylation sites (tertiary alicyclic amines) is 1. The monoisotopic (exact) mass is 1550 g/mol. The number of amides is 15. The van der Waals surface area contributed by atoms with E-state index < -0.39 is 243 Å². The topological polar surface area (TPSA) is 580 Å². The Hall–Kier alpha value is -11.9. The summed E-state index contributed by atoms with van der Waals surface area (Å²) in [6.45, 7) is 10.2. The minimum Gasteiger partial charge on any atom is -0.481 e. The number of hydrogen-bond acceptors (Lipinski definition) is 19. The molecule has 111 heavy (non-hydrogen) atoms. The molecule has 4 rings (SSSR count). The molecule has 12 atom stereocenters. The molecule has 3 aromatic rings. The molecule has 37 nitrogen and oxygen atoms in total. The lowest BCUT2D eigenvalue weighted by Crippen LogP contribution is -2.61. The van der Waals surface area contributed by atoms with E-state index in [1.165, 1.54) is 25.7 Å². The zero-order chi connectivity index (χ0) is 82.8. The summed E-state index contributed by atoms with van der Waals surface area (Å²) < 4.78 is 0. The molecule has 37 heteroatoms. The number of nitrogens with zero attached hydrogens (tertiary/aromatic N) is 1. The molecule has 3 aromatic carbocycles. The second-order valence-electron chi connectivity index (χ2n) is 28.0. The highest BCUT2D eigenvalue weighted by atomic mass is 16.4. The standard InChI is InChI=1S/C74H104N16O21/c1-39(2)31-49(83-67(104)50(32-44-19-12-9-13-20-44)84-68(105)51(33-45-21-14-10-15-22-45)85-69(106)52(34-46-23-16-11-17-24-46)87-71(108)54-25-18-30-90(54)74(111)42(7)75)70(107)89-61(40(3)4)72(109)79-37-57(93)88-62(41(5)6)73(110)82-48(27-29-58(94)95)64(101)81-47(26-28-55(76)91)65(102)86-53(35-59(96)97)66(103)80-43(8)63(100)78-36-56(92)77-38-60(98)99/h9-17,19-24,39-43,47-54,61-62H,18,25-38,75H2,1-8H3,(H2,76,91)(H,77,92)(H,78,100)(H,79,109)(H,80,103)(H,81,101)(H,82,110)(H,83,104)(H,84,105)(H,85,106)(H,86,102)(H,87,108)(H,88,93)(H,89,107)(H,94,95)(H,96,97)(H,98,99)/t42-,43-,47-,48-,49-,50-,51-,52-,53-,54-,61-,62-/m0/s1. The summed E-state index contributed by atoms with van der Waals surface area (Å²) in [7, 11) is 0. The lowest BCUT2D eigenvalue weighted by atomic mass is 9.98. The van der Waals surface area contributed by atoms with Crippen molar-refractivity contribution in [2.45, 2.75) is 199 Å². The number of nitrogens with one attached hydrogen (secondary N) is 13. The van der Waals surface area contributed by atoms with E-state index in [1.807, 2.05) is 5.32 Å². The first-order chi connectivity index (χ1) is 52.3. The van der Waals surface area contributed by atoms with Gasteiger partial charge >= 0.3 is 17.9 Å². The maximum atomic E-state index is 14.9. The van der Waals surface area contributed by atoms with E-state index in [2.05, 4.69) is 63.8 Å². The van der Waals surface area contributed by atoms with Crippen LogP contribution in [-0.2, 0) is 106 Å². The smallest absolute Gasteiger partial charge is 0.322 e. The van der Waals surface area contributed by atoms with Gasteiger partial charge in [0.1, 0.15) is 73.0 Å². The largest absolute Gasteiger partial charge is 0.481 e. The number of nitrogens with two attached hydrogens (primary N) is 2. The molecule has 0 aliphatic carbocycles. The van der Waals surface area contributed by atoms with Gasteiger partial charge in [0.2, 0.25) is 88.6 Å². The van der Waals surface area contributed by atoms with Crippen LogP contribution in [0.4, 0.5) is 0 Å². The van der Waals surface area contributed by atoms with E-state index in [-0.39, 0.29) is 38.1 Å². The van der Waals surface area contributed by atoms with Crippen LogP contribution in [0.3, 0.4) is 0 Å². The van der Waals surface area contributed by atoms with Gasteiger partial charge in [0.15, 0.2) is 0 Å². The van der Waals surface area contributed by atoms with Crippen molar-refractivity contribution in [3.8, 4) is 0 Å². The Morgan fingerprint density at radius 3 is 1.27 bits per heavy atom. The Morgan fingerprint density at radius 1 is 0.414 bits per heavy atom. The summed E-state index contributed by atoms with van der Waals surface area (Å²) in [4.78, 5) is 242. The maximum absolute atomic E-state index is 14.9. The van der Waals surface area contributed by atoms with E-state index in [4.69, 9.17) is 16.6 Å². The van der Waals surface area contributed by atoms with Gasteiger partial charge in [-0.15, -0.1) is 0 Å². The summed E-state index contributed by atoms with van der Waals surface area (Å²) in [6, 6.07) is 8.74. The summed E-state index contributed by atoms with van der Waals surface area (Å²) >= 11 is 0. The lowest BCUT2D eigenvalue weighted by molar-refractivity contribution is -0.142. The van der Waals surface area contributed by atoms with Crippen LogP contribution in [0.1, 0.15) is 123 Å². The van der Waals surface area contributed by atoms with Gasteiger partial charge in [0.25, 0.3) is 0 Å². The summed E-state index contributed by atoms with van der Waals surface area (Å²) in [5.41, 5.74) is 13.1. The molecule has 0 bridgehead atoms. The van der Waals surface area contributed by atoms with Gasteiger partial charge in [-0.1, -0.05) is 133 Å². The molecule has 0 aromatic heterocycles. The molecule has 1 aliphatic heterocycles. The Labute approximate surface area is 641 Å². The highest BCUT2D eigenvalue weighted by molar-refractivity contribution is 6.01. The zero-order valence-electron chi connectivity index (χ0n) is 63.2. The summed E-state index contributed by atoms with van der Waals surface area (Å²) in [5, 5.41) is 59.8. The minimum atomic E-state index is -1.99. The van der Waals surface area contributed by atoms with Crippen LogP contribution in [0, 0.1) is 17.8 Å². The number of carbonyl (C=O) groups is 18. The van der Waals surface area contributed by atoms with Crippen LogP contribution in [0.15, 0.2) is 91.0 Å². The molecule has 0 spiro atoms. The average molecular weight is 1550 g/mol. The fourth-order valence-electron chi connectivity index (χ4n) is 11.6. The van der Waals surface area contributed by atoms with Crippen molar-refractivity contribution in [1.29, 1.82) is 0 Å². The van der Waals surface area contributed by atoms with Gasteiger partial charge in [-0.2, -0.15) is 0 Å². The van der Waals surface area contributed by atoms with Crippen molar-refractivity contribution in [2.75, 3.05) is 26.2 Å². The predicted molar refractivity (Wildman–Crippen MR) is 397 cm³/mol. The lowest BCUT2D eigenvalue weighted by Gasteiger charge is -2.29. The van der Waals surface area contributed by atoms with Gasteiger partial charge in [0, 0.05) is 38.6 Å². The second-order valence-corrected chi connectivity index (χ2v) is 28.0. The van der Waals surface area contributed by atoms with Crippen LogP contribution < -0.4 is 80.6 Å². The Bertz CT molecular complexity index is 3770. The Morgan fingerprint density at radius 2 is 0.820 bits per heavy atom. The van der Waals surface area contributed by atoms with Crippen LogP contribution in [0.25, 0.3) is 0 Å². The van der Waals surface area contributed by atoms with E-state index in [9.17, 15) is 96.5 Å². The molecule has 0 unspecified atom stereocenters. The third-order valence-electron chi connectivity index (χ3n) is 17.5. The third kappa shape index (κ3) is 32.4. The van der Waals surface area contributed by atoms with Gasteiger partial charge < -0.3 is 101 Å². The quantitative estimate of drug-likeness (QED) is 0.0259. The highest BCUT2D eigenvalue weighted by Gasteiger charge is 2.40. The molecule has 606 valence electrons. The number of carboxylic acids is 3. The van der Waals surface area contributed by atoms with E-state index in [0.29, 0.717) is 29.5 Å². The second kappa shape index (κ2) is 45.8. The molecule has 1 fully saturated rings. The number of primary amides is 1. The molecule has 1 aliphatic rings. The fourth-order valence-corrected chi connectivity index (χ4v) is 11.6. The molecule has 1 heterocycles. The normalized spacial score (nSPS) is 15.4. The predicted octanol–water partition coefficient (Wildman–Crippen LogP) is -3.68. The first-order valence-corrected chi connectivity index (χ1v) is 36.3. The maximum Gasteiger partial charge on any atom is 0.322 e. The summed E-state index contributed by atoms with van der Waals surface area (Å²) in [5.74, 6) is -20.3. The molecule has 0 radical (unpaired) electrons. The molecule has 0 saturated carbocycles. The molecular weight excluding hydrogens is 1450 g/mol. The van der Waals surface area contributed by atoms with Crippen LogP contribution in [0.5, 0.6) is 0 Å². The van der Waals surface area contributed by atoms with E-state index in [0.717, 1.165) is 6.92 Å². The molecule has 20 N–H and O–H groups in total. The first-order valence-electron chi connectivity index (χ1n) is 36.3. The van der Waals surface area contributed by atoms with Gasteiger partial charge in [-0.25, -0.2) is 0 Å². The van der Waals surface area contributed by atoms with Crippen molar-refractivity contribution >= 4 is 107 Å². The number of carboxylic acid groups (broad SMARTS) is 3. The number of aliphatic carboxylic acids is 3. The van der Waals surface area contributed by atoms with E-state index in [1.54, 1.807) is 119 Å². The SMILES string of the molecule is CC(C)C[C@H](NC(=O)[C@H](Cc1ccccc1)NC(=O)[C@H](Cc1ccccc1)NC(=O)[C@H](Cc1ccccc1)NC(=O)[C@@H]1CCCN1C(=O)[C@H](C)N)C(=O)N[C@H](C(=O)NCC(=O)N[C@H](C(=O)N[C@@H](CCC(=O)O)C(=O)N[C@@H](CCC(N)=O)C(=O)N[C@@H](CC(=O)O)C(=O)N[C@@H](C)C(=O)NCC(=O)NCC(=O)O)C(C)C)C(C)C. The Balaban J connectivity index is 1.52. The van der Waals surface area contributed by atoms with Crippen LogP contribution >= 0.6 is 0 Å². The van der Waals surface area contributed by atoms with Crippen molar-refractivity contribution < 1.29 is 102 Å². The molecule has 1 saturated heterocycles. The highest BCUT2D eigenvalue weighted by Crippen LogP contribution is 2.20. The van der Waals surface area contributed by atoms with E-state index >= 15 is 0 Å². The van der Waals surface area contributed by atoms with Crippen molar-refractivity contribution in [1.82, 2.24) is 74.0 Å². The van der Waals surface area contributed by atoms with Gasteiger partial charge in [-0.3, -0.25) is 86.3 Å². The van der Waals surface area contributed by atoms with Crippen molar-refractivity contribution in [3.63, 3.8) is 0 Å². The minimum absolute atomic E-state index is 0.00710. The fraction of sp³-hybridized carbons (Fsp3) is 0.514. The number of hydrogen-bond donors (Lipinski definition) is 18.